The Labute approximate surface area is 192 Å². The lowest BCUT2D eigenvalue weighted by Gasteiger charge is -2.14. The number of nitrogens with zero attached hydrogens (tertiary/aromatic N) is 1. The first-order chi connectivity index (χ1) is 15.4. The smallest absolute Gasteiger partial charge is 0.324 e. The molecule has 2 N–H and O–H groups in total. The van der Waals surface area contributed by atoms with Crippen LogP contribution in [-0.2, 0) is 34.4 Å². The van der Waals surface area contributed by atoms with Gasteiger partial charge in [-0.3, -0.25) is 9.59 Å². The van der Waals surface area contributed by atoms with E-state index in [4.69, 9.17) is 9.47 Å². The number of ether oxygens (including phenoxy) is 2. The van der Waals surface area contributed by atoms with Gasteiger partial charge in [0.05, 0.1) is 16.9 Å². The van der Waals surface area contributed by atoms with Crippen molar-refractivity contribution in [3.05, 3.63) is 48.5 Å². The van der Waals surface area contributed by atoms with Gasteiger partial charge in [0.1, 0.15) is 11.8 Å². The predicted molar refractivity (Wildman–Crippen MR) is 120 cm³/mol. The van der Waals surface area contributed by atoms with Gasteiger partial charge >= 0.3 is 5.97 Å². The Morgan fingerprint density at radius 3 is 2.21 bits per heavy atom. The van der Waals surface area contributed by atoms with Gasteiger partial charge in [-0.1, -0.05) is 6.07 Å². The molecule has 1 atom stereocenters. The molecule has 0 fully saturated rings. The van der Waals surface area contributed by atoms with Crippen molar-refractivity contribution in [1.29, 1.82) is 0 Å². The second kappa shape index (κ2) is 10.7. The molecule has 0 aliphatic rings. The maximum absolute atomic E-state index is 12.4. The Kier molecular flexibility index (Phi) is 8.55. The lowest BCUT2D eigenvalue weighted by molar-refractivity contribution is -0.148. The molecule has 0 heterocycles. The number of nitrogens with one attached hydrogen (secondary N) is 2. The van der Waals surface area contributed by atoms with Crippen molar-refractivity contribution in [3.8, 4) is 5.75 Å². The van der Waals surface area contributed by atoms with E-state index in [1.54, 1.807) is 0 Å². The molecule has 2 rings (SSSR count). The summed E-state index contributed by atoms with van der Waals surface area (Å²) in [6, 6.07) is 9.85. The number of hydrogen-bond donors (Lipinski definition) is 2. The van der Waals surface area contributed by atoms with Gasteiger partial charge in [-0.25, -0.2) is 21.1 Å². The summed E-state index contributed by atoms with van der Waals surface area (Å²) in [5.41, 5.74) is 0.187. The van der Waals surface area contributed by atoms with E-state index in [1.807, 2.05) is 0 Å². The van der Waals surface area contributed by atoms with Crippen molar-refractivity contribution in [3.63, 3.8) is 0 Å². The number of carbonyl (C=O) groups is 2. The molecule has 0 radical (unpaired) electrons. The van der Waals surface area contributed by atoms with E-state index >= 15 is 0 Å². The van der Waals surface area contributed by atoms with Crippen LogP contribution in [0.4, 0.5) is 5.69 Å². The Hall–Kier alpha value is -3.00. The van der Waals surface area contributed by atoms with Gasteiger partial charge in [0.15, 0.2) is 6.61 Å². The average Bonchev–Trinajstić information content (AvgIpc) is 2.77. The SMILES string of the molecule is COc1ccc(S(=O)(=O)N[C@@H](C)C(=O)OCC(=O)Nc2cccc(S(=O)(=O)N(C)C)c2)cc1. The number of rotatable bonds is 10. The predicted octanol–water partition coefficient (Wildman–Crippen LogP) is 0.794. The number of carbonyl (C=O) groups excluding carboxylic acids is 2. The zero-order valence-electron chi connectivity index (χ0n) is 18.4. The van der Waals surface area contributed by atoms with Crippen LogP contribution in [0.3, 0.4) is 0 Å². The highest BCUT2D eigenvalue weighted by atomic mass is 32.2. The molecule has 0 bridgehead atoms. The maximum Gasteiger partial charge on any atom is 0.324 e. The molecule has 0 aromatic heterocycles. The summed E-state index contributed by atoms with van der Waals surface area (Å²) >= 11 is 0. The molecular weight excluding hydrogens is 474 g/mol. The molecular formula is C20H25N3O8S2. The lowest BCUT2D eigenvalue weighted by atomic mass is 10.3. The Bertz CT molecular complexity index is 1210. The van der Waals surface area contributed by atoms with Crippen molar-refractivity contribution < 1.29 is 35.9 Å². The topological polar surface area (TPSA) is 148 Å². The molecule has 0 aliphatic carbocycles. The number of esters is 1. The van der Waals surface area contributed by atoms with Crippen LogP contribution in [0.15, 0.2) is 58.3 Å². The molecule has 0 unspecified atom stereocenters. The van der Waals surface area contributed by atoms with Gasteiger partial charge < -0.3 is 14.8 Å². The summed E-state index contributed by atoms with van der Waals surface area (Å²) in [4.78, 5) is 24.1. The molecule has 2 aromatic carbocycles. The van der Waals surface area contributed by atoms with Gasteiger partial charge in [-0.2, -0.15) is 4.72 Å². The summed E-state index contributed by atoms with van der Waals surface area (Å²) in [7, 11) is -3.50. The van der Waals surface area contributed by atoms with Crippen molar-refractivity contribution in [2.75, 3.05) is 33.1 Å². The molecule has 0 aliphatic heterocycles. The molecule has 0 spiro atoms. The van der Waals surface area contributed by atoms with Gasteiger partial charge in [-0.15, -0.1) is 0 Å². The van der Waals surface area contributed by atoms with Crippen LogP contribution in [0.25, 0.3) is 0 Å². The molecule has 0 saturated heterocycles. The molecule has 2 aromatic rings. The fourth-order valence-electron chi connectivity index (χ4n) is 2.51. The first kappa shape index (κ1) is 26.3. The Morgan fingerprint density at radius 2 is 1.64 bits per heavy atom. The maximum atomic E-state index is 12.4. The molecule has 180 valence electrons. The van der Waals surface area contributed by atoms with Crippen molar-refractivity contribution in [1.82, 2.24) is 9.03 Å². The zero-order valence-corrected chi connectivity index (χ0v) is 20.1. The summed E-state index contributed by atoms with van der Waals surface area (Å²) in [6.07, 6.45) is 0. The van der Waals surface area contributed by atoms with Crippen molar-refractivity contribution in [2.24, 2.45) is 0 Å². The van der Waals surface area contributed by atoms with Crippen LogP contribution in [0, 0.1) is 0 Å². The molecule has 13 heteroatoms. The van der Waals surface area contributed by atoms with Crippen molar-refractivity contribution >= 4 is 37.6 Å². The Morgan fingerprint density at radius 1 is 1.00 bits per heavy atom. The molecule has 33 heavy (non-hydrogen) atoms. The van der Waals surface area contributed by atoms with E-state index in [9.17, 15) is 26.4 Å². The highest BCUT2D eigenvalue weighted by Gasteiger charge is 2.24. The zero-order chi connectivity index (χ0) is 24.8. The second-order valence-corrected chi connectivity index (χ2v) is 10.9. The van der Waals surface area contributed by atoms with Crippen LogP contribution in [0.2, 0.25) is 0 Å². The number of anilines is 1. The first-order valence-corrected chi connectivity index (χ1v) is 12.4. The quantitative estimate of drug-likeness (QED) is 0.456. The third-order valence-corrected chi connectivity index (χ3v) is 7.66. The minimum atomic E-state index is -4.01. The van der Waals surface area contributed by atoms with Gasteiger partial charge in [0.25, 0.3) is 5.91 Å². The van der Waals surface area contributed by atoms with E-state index in [2.05, 4.69) is 10.0 Å². The standard InChI is InChI=1S/C20H25N3O8S2/c1-14(22-32(26,27)17-10-8-16(30-4)9-11-17)20(25)31-13-19(24)21-15-6-5-7-18(12-15)33(28,29)23(2)3/h5-12,14,22H,13H2,1-4H3,(H,21,24)/t14-/m0/s1. The molecule has 0 saturated carbocycles. The van der Waals surface area contributed by atoms with Crippen molar-refractivity contribution in [2.45, 2.75) is 22.8 Å². The summed E-state index contributed by atoms with van der Waals surface area (Å²) in [5, 5.41) is 2.42. The number of methoxy groups -OCH3 is 1. The van der Waals surface area contributed by atoms with Gasteiger partial charge in [0.2, 0.25) is 20.0 Å². The van der Waals surface area contributed by atoms with Crippen LogP contribution in [0.5, 0.6) is 5.75 Å². The monoisotopic (exact) mass is 499 g/mol. The van der Waals surface area contributed by atoms with E-state index in [0.717, 1.165) is 4.31 Å². The van der Waals surface area contributed by atoms with Crippen LogP contribution < -0.4 is 14.8 Å². The Balaban J connectivity index is 1.94. The third-order valence-electron chi connectivity index (χ3n) is 4.30. The highest BCUT2D eigenvalue weighted by molar-refractivity contribution is 7.89. The van der Waals surface area contributed by atoms with Crippen LogP contribution >= 0.6 is 0 Å². The number of sulfonamides is 2. The number of amides is 1. The second-order valence-electron chi connectivity index (χ2n) is 6.99. The number of benzene rings is 2. The third kappa shape index (κ3) is 6.99. The molecule has 11 nitrogen and oxygen atoms in total. The highest BCUT2D eigenvalue weighted by Crippen LogP contribution is 2.18. The van der Waals surface area contributed by atoms with E-state index in [-0.39, 0.29) is 15.5 Å². The van der Waals surface area contributed by atoms with E-state index in [1.165, 1.54) is 76.7 Å². The lowest BCUT2D eigenvalue weighted by Crippen LogP contribution is -2.40. The largest absolute Gasteiger partial charge is 0.497 e. The van der Waals surface area contributed by atoms with E-state index in [0.29, 0.717) is 5.75 Å². The normalized spacial score (nSPS) is 12.8. The minimum Gasteiger partial charge on any atom is -0.497 e. The summed E-state index contributed by atoms with van der Waals surface area (Å²) in [6.45, 7) is 0.578. The fourth-order valence-corrected chi connectivity index (χ4v) is 4.65. The van der Waals surface area contributed by atoms with Crippen LogP contribution in [-0.4, -0.2) is 66.9 Å². The fraction of sp³-hybridized carbons (Fsp3) is 0.300. The summed E-state index contributed by atoms with van der Waals surface area (Å²) in [5.74, 6) is -1.23. The average molecular weight is 500 g/mol. The van der Waals surface area contributed by atoms with Crippen LogP contribution in [0.1, 0.15) is 6.92 Å². The summed E-state index contributed by atoms with van der Waals surface area (Å²) < 4.78 is 62.2. The van der Waals surface area contributed by atoms with Gasteiger partial charge in [-0.05, 0) is 49.4 Å². The molecule has 1 amide bonds. The first-order valence-electron chi connectivity index (χ1n) is 9.52. The van der Waals surface area contributed by atoms with E-state index < -0.39 is 44.6 Å². The van der Waals surface area contributed by atoms with Gasteiger partial charge in [0, 0.05) is 19.8 Å². The minimum absolute atomic E-state index is 0.0242. The number of hydrogen-bond acceptors (Lipinski definition) is 8.